The third-order valence-electron chi connectivity index (χ3n) is 17.4. The number of rotatable bonds is 8. The molecule has 11 heteroatoms. The number of halogens is 3. The van der Waals surface area contributed by atoms with Gasteiger partial charge in [-0.3, -0.25) is 4.79 Å². The molecule has 2 aromatic rings. The van der Waals surface area contributed by atoms with Crippen LogP contribution in [0.5, 0.6) is 0 Å². The van der Waals surface area contributed by atoms with Crippen LogP contribution in [0.25, 0.3) is 0 Å². The molecule has 0 saturated heterocycles. The molecule has 0 amide bonds. The van der Waals surface area contributed by atoms with Gasteiger partial charge < -0.3 is 10.2 Å². The Bertz CT molecular complexity index is 2080. The molecule has 0 radical (unpaired) electrons. The fourth-order valence-corrected chi connectivity index (χ4v) is 16.8. The summed E-state index contributed by atoms with van der Waals surface area (Å²) in [5.41, 5.74) is -4.32. The van der Waals surface area contributed by atoms with Crippen molar-refractivity contribution in [1.29, 1.82) is 0 Å². The van der Waals surface area contributed by atoms with Gasteiger partial charge in [-0.05, 0) is 128 Å². The average Bonchev–Trinajstić information content (AvgIpc) is 3.78. The minimum Gasteiger partial charge on any atom is -0.393 e. The van der Waals surface area contributed by atoms with Gasteiger partial charge in [0.15, 0.2) is 5.78 Å². The summed E-state index contributed by atoms with van der Waals surface area (Å²) < 4.78 is 72.9. The molecule has 11 atom stereocenters. The molecular weight excluding hydrogens is 744 g/mol. The maximum atomic E-state index is 14.9. The van der Waals surface area contributed by atoms with E-state index in [0.29, 0.717) is 62.5 Å². The van der Waals surface area contributed by atoms with Crippen LogP contribution >= 0.6 is 11.3 Å². The van der Waals surface area contributed by atoms with E-state index in [1.807, 2.05) is 6.08 Å². The third kappa shape index (κ3) is 5.13. The van der Waals surface area contributed by atoms with E-state index in [2.05, 4.69) is 39.8 Å². The zero-order chi connectivity index (χ0) is 39.2. The number of aliphatic hydroxyl groups excluding tert-OH is 1. The second kappa shape index (κ2) is 12.1. The van der Waals surface area contributed by atoms with Crippen LogP contribution in [0.1, 0.15) is 108 Å². The van der Waals surface area contributed by atoms with Crippen LogP contribution in [-0.4, -0.2) is 53.5 Å². The number of alkyl halides is 3. The highest BCUT2D eigenvalue weighted by atomic mass is 32.2. The molecule has 4 bridgehead atoms. The van der Waals surface area contributed by atoms with E-state index in [9.17, 15) is 36.6 Å². The predicted octanol–water partition coefficient (Wildman–Crippen LogP) is 9.30. The highest BCUT2D eigenvalue weighted by molar-refractivity contribution is 7.91. The topological polar surface area (TPSA) is 94.9 Å². The Labute approximate surface area is 327 Å². The van der Waals surface area contributed by atoms with Gasteiger partial charge in [0.25, 0.3) is 10.0 Å². The lowest BCUT2D eigenvalue weighted by molar-refractivity contribution is -0.175. The fourth-order valence-electron chi connectivity index (χ4n) is 14.1. The van der Waals surface area contributed by atoms with Crippen molar-refractivity contribution in [2.75, 3.05) is 13.1 Å². The van der Waals surface area contributed by atoms with Crippen LogP contribution in [0.2, 0.25) is 0 Å². The van der Waals surface area contributed by atoms with Gasteiger partial charge >= 0.3 is 6.18 Å². The number of benzene rings is 1. The summed E-state index contributed by atoms with van der Waals surface area (Å²) in [5, 5.41) is 26.0. The molecule has 6 saturated carbocycles. The van der Waals surface area contributed by atoms with Gasteiger partial charge in [0.05, 0.1) is 17.3 Å². The molecular formula is C44H54F3NO5S2. The number of hydrogen-bond acceptors (Lipinski definition) is 6. The second-order valence-corrected chi connectivity index (χ2v) is 22.8. The van der Waals surface area contributed by atoms with Crippen LogP contribution < -0.4 is 0 Å². The highest BCUT2D eigenvalue weighted by Crippen LogP contribution is 2.78. The molecule has 11 rings (SSSR count). The van der Waals surface area contributed by atoms with Gasteiger partial charge in [-0.1, -0.05) is 64.1 Å². The Morgan fingerprint density at radius 3 is 2.36 bits per heavy atom. The SMILES string of the molecule is CC1(C)C2CCC(CN(CC3(O)CCC4C56C=CC7(C=C5C(=O)c5cccc(C(F)(F)F)c5)CC(O)CCC7(C)C6CCC43C)S(=O)(=O)c3cccs3)C1C2. The molecule has 9 aliphatic carbocycles. The van der Waals surface area contributed by atoms with Crippen LogP contribution in [0.15, 0.2) is 69.8 Å². The molecule has 1 heterocycles. The number of carbonyl (C=O) groups is 1. The first-order chi connectivity index (χ1) is 25.7. The number of hydrogen-bond donors (Lipinski definition) is 2. The lowest BCUT2D eigenvalue weighted by atomic mass is 9.32. The van der Waals surface area contributed by atoms with Crippen molar-refractivity contribution in [3.8, 4) is 0 Å². The number of sulfonamides is 1. The maximum absolute atomic E-state index is 14.9. The predicted molar refractivity (Wildman–Crippen MR) is 206 cm³/mol. The van der Waals surface area contributed by atoms with E-state index >= 15 is 0 Å². The first kappa shape index (κ1) is 38.2. The third-order valence-corrected chi connectivity index (χ3v) is 20.6. The fraction of sp³-hybridized carbons (Fsp3) is 0.659. The van der Waals surface area contributed by atoms with Gasteiger partial charge in [-0.15, -0.1) is 11.3 Å². The summed E-state index contributed by atoms with van der Waals surface area (Å²) in [5.74, 6) is 0.512. The first-order valence-corrected chi connectivity index (χ1v) is 22.6. The van der Waals surface area contributed by atoms with E-state index in [0.717, 1.165) is 37.8 Å². The van der Waals surface area contributed by atoms with E-state index < -0.39 is 55.5 Å². The monoisotopic (exact) mass is 797 g/mol. The highest BCUT2D eigenvalue weighted by Gasteiger charge is 2.75. The van der Waals surface area contributed by atoms with Gasteiger partial charge in [0, 0.05) is 40.5 Å². The number of thiophene rings is 1. The summed E-state index contributed by atoms with van der Waals surface area (Å²) in [6.45, 7) is 9.25. The van der Waals surface area contributed by atoms with Crippen molar-refractivity contribution in [3.05, 3.63) is 76.7 Å². The molecule has 2 spiro atoms. The molecule has 6 nitrogen and oxygen atoms in total. The van der Waals surface area contributed by atoms with Crippen LogP contribution in [-0.2, 0) is 16.2 Å². The zero-order valence-electron chi connectivity index (χ0n) is 32.2. The molecule has 9 aliphatic rings. The van der Waals surface area contributed by atoms with Crippen molar-refractivity contribution < 1.29 is 36.6 Å². The summed E-state index contributed by atoms with van der Waals surface area (Å²) in [6, 6.07) is 8.06. The van der Waals surface area contributed by atoms with Gasteiger partial charge in [-0.2, -0.15) is 17.5 Å². The molecule has 1 aromatic heterocycles. The Kier molecular flexibility index (Phi) is 8.42. The van der Waals surface area contributed by atoms with Crippen molar-refractivity contribution in [2.45, 2.75) is 114 Å². The summed E-state index contributed by atoms with van der Waals surface area (Å²) >= 11 is 1.19. The zero-order valence-corrected chi connectivity index (χ0v) is 33.9. The number of aliphatic hydroxyl groups is 2. The van der Waals surface area contributed by atoms with Crippen molar-refractivity contribution >= 4 is 27.1 Å². The number of nitrogens with zero attached hydrogens (tertiary/aromatic N) is 1. The number of ketones is 1. The van der Waals surface area contributed by atoms with Crippen LogP contribution in [0.4, 0.5) is 13.2 Å². The molecule has 0 aliphatic heterocycles. The Balaban J connectivity index is 1.13. The molecule has 6 fully saturated rings. The minimum atomic E-state index is -4.61. The van der Waals surface area contributed by atoms with E-state index in [1.165, 1.54) is 23.5 Å². The first-order valence-electron chi connectivity index (χ1n) is 20.3. The molecule has 11 unspecified atom stereocenters. The Morgan fingerprint density at radius 2 is 1.67 bits per heavy atom. The van der Waals surface area contributed by atoms with Crippen molar-refractivity contribution in [3.63, 3.8) is 0 Å². The van der Waals surface area contributed by atoms with Gasteiger partial charge in [0.2, 0.25) is 0 Å². The molecule has 55 heavy (non-hydrogen) atoms. The van der Waals surface area contributed by atoms with E-state index in [-0.39, 0.29) is 44.9 Å². The molecule has 298 valence electrons. The summed E-state index contributed by atoms with van der Waals surface area (Å²) in [6.07, 6.45) is 8.27. The summed E-state index contributed by atoms with van der Waals surface area (Å²) in [7, 11) is -3.94. The standard InChI is InChI=1S/C44H54F3NO5S2/c1-38(2)29-11-10-28(32(38)22-29)25-48(55(52,53)36-9-6-20-54-36)26-42(51)17-14-35-40(42,4)16-13-34-39(3)15-12-31(49)23-41(39)18-19-43(34,35)33(24-41)37(50)27-7-5-8-30(21-27)44(45,46)47/h5-9,18-21,24,28-29,31-32,34-35,49,51H,10-17,22-23,25-26H2,1-4H3. The molecule has 2 N–H and O–H groups in total. The largest absolute Gasteiger partial charge is 0.416 e. The minimum absolute atomic E-state index is 0.0213. The number of carbonyl (C=O) groups excluding carboxylic acids is 1. The lowest BCUT2D eigenvalue weighted by Gasteiger charge is -2.71. The van der Waals surface area contributed by atoms with Crippen molar-refractivity contribution in [1.82, 2.24) is 4.31 Å². The van der Waals surface area contributed by atoms with Crippen LogP contribution in [0, 0.1) is 56.7 Å². The maximum Gasteiger partial charge on any atom is 0.416 e. The van der Waals surface area contributed by atoms with Crippen LogP contribution in [0.3, 0.4) is 0 Å². The number of fused-ring (bicyclic) bond motifs is 3. The van der Waals surface area contributed by atoms with Crippen molar-refractivity contribution in [2.24, 2.45) is 56.7 Å². The summed E-state index contributed by atoms with van der Waals surface area (Å²) in [4.78, 5) is 14.9. The van der Waals surface area contributed by atoms with Gasteiger partial charge in [-0.25, -0.2) is 8.42 Å². The quantitative estimate of drug-likeness (QED) is 0.205. The molecule has 1 aromatic carbocycles. The van der Waals surface area contributed by atoms with Gasteiger partial charge in [0.1, 0.15) is 4.21 Å². The Morgan fingerprint density at radius 1 is 0.945 bits per heavy atom. The number of allylic oxidation sites excluding steroid dienone is 4. The normalized spacial score (nSPS) is 42.6. The van der Waals surface area contributed by atoms with E-state index in [1.54, 1.807) is 21.8 Å². The Hall–Kier alpha value is -2.31. The number of Topliss-reactive ketones (excluding diaryl/α,β-unsaturated/α-hetero) is 1. The second-order valence-electron chi connectivity index (χ2n) is 19.6. The van der Waals surface area contributed by atoms with E-state index in [4.69, 9.17) is 0 Å². The lowest BCUT2D eigenvalue weighted by Crippen LogP contribution is -2.67. The smallest absolute Gasteiger partial charge is 0.393 e. The average molecular weight is 798 g/mol.